The Morgan fingerprint density at radius 3 is 2.36 bits per heavy atom. The van der Waals surface area contributed by atoms with Gasteiger partial charge in [0, 0.05) is 31.0 Å². The zero-order valence-electron chi connectivity index (χ0n) is 18.7. The van der Waals surface area contributed by atoms with Crippen molar-refractivity contribution in [1.29, 1.82) is 0 Å². The summed E-state index contributed by atoms with van der Waals surface area (Å²) in [5.41, 5.74) is 0.396. The number of hydrogen-bond acceptors (Lipinski definition) is 3. The average Bonchev–Trinajstić information content (AvgIpc) is 2.80. The van der Waals surface area contributed by atoms with E-state index in [9.17, 15) is 31.5 Å². The summed E-state index contributed by atoms with van der Waals surface area (Å²) in [5.74, 6) is -3.36. The molecule has 0 unspecified atom stereocenters. The van der Waals surface area contributed by atoms with Gasteiger partial charge in [-0.3, -0.25) is 9.69 Å². The Labute approximate surface area is 202 Å². The maximum absolute atomic E-state index is 13.9. The van der Waals surface area contributed by atoms with Crippen LogP contribution < -0.4 is 15.0 Å². The third kappa shape index (κ3) is 5.91. The monoisotopic (exact) mass is 505 g/mol. The molecule has 1 saturated heterocycles. The molecule has 3 amide bonds. The molecule has 3 aromatic carbocycles. The van der Waals surface area contributed by atoms with Crippen LogP contribution in [0.25, 0.3) is 0 Å². The van der Waals surface area contributed by atoms with E-state index in [-0.39, 0.29) is 24.0 Å². The van der Waals surface area contributed by atoms with Gasteiger partial charge >= 0.3 is 12.4 Å². The van der Waals surface area contributed by atoms with Crippen LogP contribution >= 0.6 is 0 Å². The first-order chi connectivity index (χ1) is 17.1. The number of urea groups is 1. The minimum Gasteiger partial charge on any atom is -0.406 e. The van der Waals surface area contributed by atoms with Crippen LogP contribution in [-0.2, 0) is 6.54 Å². The van der Waals surface area contributed by atoms with Crippen molar-refractivity contribution in [3.05, 3.63) is 89.5 Å². The number of nitrogens with one attached hydrogen (secondary N) is 1. The molecular formula is C25H20F5N3O3. The second kappa shape index (κ2) is 10.2. The van der Waals surface area contributed by atoms with Crippen molar-refractivity contribution >= 4 is 23.3 Å². The van der Waals surface area contributed by atoms with Crippen molar-refractivity contribution < 1.29 is 36.3 Å². The Hall–Kier alpha value is -4.15. The maximum atomic E-state index is 13.9. The van der Waals surface area contributed by atoms with Gasteiger partial charge in [0.15, 0.2) is 0 Å². The third-order valence-electron chi connectivity index (χ3n) is 5.42. The number of anilines is 2. The van der Waals surface area contributed by atoms with Crippen molar-refractivity contribution in [3.63, 3.8) is 0 Å². The summed E-state index contributed by atoms with van der Waals surface area (Å²) in [6.45, 7) is 0.821. The highest BCUT2D eigenvalue weighted by Gasteiger charge is 2.31. The number of carbonyl (C=O) groups excluding carboxylic acids is 2. The molecule has 6 nitrogen and oxygen atoms in total. The van der Waals surface area contributed by atoms with Crippen LogP contribution in [-0.4, -0.2) is 36.3 Å². The average molecular weight is 505 g/mol. The molecule has 1 heterocycles. The quantitative estimate of drug-likeness (QED) is 0.422. The number of alkyl halides is 3. The van der Waals surface area contributed by atoms with E-state index in [1.807, 2.05) is 0 Å². The van der Waals surface area contributed by atoms with Crippen molar-refractivity contribution in [2.75, 3.05) is 23.3 Å². The molecule has 1 aliphatic rings. The summed E-state index contributed by atoms with van der Waals surface area (Å²) in [7, 11) is 0. The van der Waals surface area contributed by atoms with Gasteiger partial charge in [0.05, 0.1) is 0 Å². The first-order valence-electron chi connectivity index (χ1n) is 10.9. The van der Waals surface area contributed by atoms with Gasteiger partial charge < -0.3 is 15.0 Å². The molecule has 1 fully saturated rings. The van der Waals surface area contributed by atoms with Gasteiger partial charge in [0.2, 0.25) is 0 Å². The number of halogens is 5. The Morgan fingerprint density at radius 1 is 0.944 bits per heavy atom. The number of rotatable bonds is 6. The Kier molecular flexibility index (Phi) is 7.09. The van der Waals surface area contributed by atoms with E-state index in [2.05, 4.69) is 10.1 Å². The number of benzene rings is 3. The fraction of sp³-hybridized carbons (Fsp3) is 0.200. The highest BCUT2D eigenvalue weighted by atomic mass is 19.4. The van der Waals surface area contributed by atoms with Crippen molar-refractivity contribution in [1.82, 2.24) is 4.90 Å². The number of ether oxygens (including phenoxy) is 1. The van der Waals surface area contributed by atoms with Gasteiger partial charge in [-0.05, 0) is 54.4 Å². The van der Waals surface area contributed by atoms with E-state index in [0.717, 1.165) is 18.2 Å². The topological polar surface area (TPSA) is 61.9 Å². The van der Waals surface area contributed by atoms with Crippen molar-refractivity contribution in [2.24, 2.45) is 0 Å². The Balaban J connectivity index is 1.48. The molecule has 0 radical (unpaired) electrons. The van der Waals surface area contributed by atoms with Crippen LogP contribution in [0.1, 0.15) is 22.3 Å². The first kappa shape index (κ1) is 25.0. The molecule has 11 heteroatoms. The summed E-state index contributed by atoms with van der Waals surface area (Å²) in [6.07, 6.45) is -4.24. The molecule has 0 bridgehead atoms. The molecule has 0 aromatic heterocycles. The van der Waals surface area contributed by atoms with Crippen LogP contribution in [0.3, 0.4) is 0 Å². The largest absolute Gasteiger partial charge is 0.573 e. The van der Waals surface area contributed by atoms with Gasteiger partial charge in [-0.15, -0.1) is 13.2 Å². The van der Waals surface area contributed by atoms with E-state index in [1.165, 1.54) is 40.1 Å². The predicted molar refractivity (Wildman–Crippen MR) is 122 cm³/mol. The van der Waals surface area contributed by atoms with E-state index < -0.39 is 29.5 Å². The van der Waals surface area contributed by atoms with Crippen molar-refractivity contribution in [3.8, 4) is 5.75 Å². The lowest BCUT2D eigenvalue weighted by molar-refractivity contribution is -0.274. The molecule has 4 rings (SSSR count). The number of carbonyl (C=O) groups is 2. The molecule has 36 heavy (non-hydrogen) atoms. The number of nitrogens with zero attached hydrogens (tertiary/aromatic N) is 2. The second-order valence-electron chi connectivity index (χ2n) is 8.01. The van der Waals surface area contributed by atoms with Crippen LogP contribution in [0.4, 0.5) is 38.1 Å². The lowest BCUT2D eigenvalue weighted by atomic mass is 10.1. The minimum atomic E-state index is -4.82. The minimum absolute atomic E-state index is 0.0629. The Bertz CT molecular complexity index is 1260. The molecule has 3 aromatic rings. The van der Waals surface area contributed by atoms with Crippen LogP contribution in [0.5, 0.6) is 5.75 Å². The van der Waals surface area contributed by atoms with E-state index in [1.54, 1.807) is 18.2 Å². The molecule has 0 saturated carbocycles. The predicted octanol–water partition coefficient (Wildman–Crippen LogP) is 5.95. The standard InChI is InChI=1S/C25H20F5N3O3/c26-20-9-3-10-21(27)22(20)23(34)31-17-6-2-7-18(14-17)33-12-4-11-32(24(33)35)15-16-5-1-8-19(13-16)36-25(28,29)30/h1-3,5-10,13-14H,4,11-12,15H2,(H,31,34). The van der Waals surface area contributed by atoms with Gasteiger partial charge in [-0.2, -0.15) is 0 Å². The zero-order valence-corrected chi connectivity index (χ0v) is 18.7. The SMILES string of the molecule is O=C(Nc1cccc(N2CCCN(Cc3cccc(OC(F)(F)F)c3)C2=O)c1)c1c(F)cccc1F. The second-order valence-corrected chi connectivity index (χ2v) is 8.01. The smallest absolute Gasteiger partial charge is 0.406 e. The summed E-state index contributed by atoms with van der Waals surface area (Å²) < 4.78 is 69.4. The molecule has 0 spiro atoms. The molecule has 188 valence electrons. The van der Waals surface area contributed by atoms with E-state index >= 15 is 0 Å². The normalized spacial score (nSPS) is 14.1. The van der Waals surface area contributed by atoms with Gasteiger partial charge in [-0.25, -0.2) is 13.6 Å². The molecule has 1 N–H and O–H groups in total. The molecule has 0 atom stereocenters. The van der Waals surface area contributed by atoms with Crippen LogP contribution in [0, 0.1) is 11.6 Å². The van der Waals surface area contributed by atoms with Crippen molar-refractivity contribution in [2.45, 2.75) is 19.3 Å². The third-order valence-corrected chi connectivity index (χ3v) is 5.42. The van der Waals surface area contributed by atoms with E-state index in [0.29, 0.717) is 30.8 Å². The Morgan fingerprint density at radius 2 is 1.64 bits per heavy atom. The van der Waals surface area contributed by atoms with Crippen LogP contribution in [0.15, 0.2) is 66.7 Å². The number of hydrogen-bond donors (Lipinski definition) is 1. The summed E-state index contributed by atoms with van der Waals surface area (Å²) >= 11 is 0. The fourth-order valence-corrected chi connectivity index (χ4v) is 3.89. The van der Waals surface area contributed by atoms with E-state index in [4.69, 9.17) is 0 Å². The summed E-state index contributed by atoms with van der Waals surface area (Å²) in [4.78, 5) is 28.5. The molecule has 1 aliphatic heterocycles. The first-order valence-corrected chi connectivity index (χ1v) is 10.9. The lowest BCUT2D eigenvalue weighted by Crippen LogP contribution is -2.49. The zero-order chi connectivity index (χ0) is 25.9. The summed E-state index contributed by atoms with van der Waals surface area (Å²) in [5, 5.41) is 2.43. The van der Waals surface area contributed by atoms with Gasteiger partial charge in [0.1, 0.15) is 22.9 Å². The van der Waals surface area contributed by atoms with Crippen LogP contribution in [0.2, 0.25) is 0 Å². The van der Waals surface area contributed by atoms with Gasteiger partial charge in [-0.1, -0.05) is 24.3 Å². The molecular weight excluding hydrogens is 485 g/mol. The number of amides is 3. The van der Waals surface area contributed by atoms with Gasteiger partial charge in [0.25, 0.3) is 5.91 Å². The highest BCUT2D eigenvalue weighted by Crippen LogP contribution is 2.27. The maximum Gasteiger partial charge on any atom is 0.573 e. The highest BCUT2D eigenvalue weighted by molar-refractivity contribution is 6.05. The summed E-state index contributed by atoms with van der Waals surface area (Å²) in [6, 6.07) is 14.3. The lowest BCUT2D eigenvalue weighted by Gasteiger charge is -2.36. The fourth-order valence-electron chi connectivity index (χ4n) is 3.89. The molecule has 0 aliphatic carbocycles.